The fourth-order valence-electron chi connectivity index (χ4n) is 1.97. The fraction of sp³-hybridized carbons (Fsp3) is 0.600. The van der Waals surface area contributed by atoms with Crippen molar-refractivity contribution in [1.29, 1.82) is 0 Å². The topological polar surface area (TPSA) is 58.9 Å². The second kappa shape index (κ2) is 9.92. The van der Waals surface area contributed by atoms with E-state index in [0.29, 0.717) is 12.8 Å². The highest BCUT2D eigenvalue weighted by molar-refractivity contribution is 5.17. The van der Waals surface area contributed by atoms with Gasteiger partial charge in [-0.2, -0.15) is 0 Å². The van der Waals surface area contributed by atoms with Crippen LogP contribution in [0.4, 0.5) is 0 Å². The van der Waals surface area contributed by atoms with Gasteiger partial charge in [-0.15, -0.1) is 0 Å². The van der Waals surface area contributed by atoms with Crippen LogP contribution in [0.2, 0.25) is 0 Å². The van der Waals surface area contributed by atoms with Crippen molar-refractivity contribution < 1.29 is 19.7 Å². The van der Waals surface area contributed by atoms with E-state index in [2.05, 4.69) is 0 Å². The van der Waals surface area contributed by atoms with Gasteiger partial charge in [0.25, 0.3) is 0 Å². The van der Waals surface area contributed by atoms with Gasteiger partial charge in [-0.3, -0.25) is 0 Å². The summed E-state index contributed by atoms with van der Waals surface area (Å²) in [4.78, 5) is 0. The highest BCUT2D eigenvalue weighted by atomic mass is 16.7. The van der Waals surface area contributed by atoms with E-state index in [1.165, 1.54) is 0 Å². The minimum atomic E-state index is -0.423. The van der Waals surface area contributed by atoms with Crippen LogP contribution in [0, 0.1) is 0 Å². The summed E-state index contributed by atoms with van der Waals surface area (Å²) >= 11 is 0. The molecule has 19 heavy (non-hydrogen) atoms. The van der Waals surface area contributed by atoms with Crippen molar-refractivity contribution in [2.45, 2.75) is 37.9 Å². The molecule has 1 aromatic rings. The first-order valence-corrected chi connectivity index (χ1v) is 6.72. The standard InChI is InChI=1S/C15H24O4/c1-18-12-19-15(13-7-3-2-4-8-13)11-14(17)9-5-6-10-16/h2-4,7-8,14-17H,5-6,9-12H2,1H3/t14-,15-/m1/s1. The Morgan fingerprint density at radius 3 is 2.53 bits per heavy atom. The molecular weight excluding hydrogens is 244 g/mol. The number of unbranched alkanes of at least 4 members (excludes halogenated alkanes) is 1. The van der Waals surface area contributed by atoms with Gasteiger partial charge in [-0.05, 0) is 24.8 Å². The molecule has 0 aliphatic carbocycles. The Morgan fingerprint density at radius 1 is 1.16 bits per heavy atom. The van der Waals surface area contributed by atoms with E-state index in [4.69, 9.17) is 14.6 Å². The molecule has 1 rings (SSSR count). The number of hydrogen-bond donors (Lipinski definition) is 2. The highest BCUT2D eigenvalue weighted by Gasteiger charge is 2.16. The van der Waals surface area contributed by atoms with Crippen molar-refractivity contribution in [2.24, 2.45) is 0 Å². The monoisotopic (exact) mass is 268 g/mol. The summed E-state index contributed by atoms with van der Waals surface area (Å²) in [7, 11) is 1.58. The first-order valence-electron chi connectivity index (χ1n) is 6.72. The highest BCUT2D eigenvalue weighted by Crippen LogP contribution is 2.24. The lowest BCUT2D eigenvalue weighted by atomic mass is 10.0. The van der Waals surface area contributed by atoms with Crippen LogP contribution in [0.3, 0.4) is 0 Å². The third-order valence-electron chi connectivity index (χ3n) is 2.99. The normalized spacial score (nSPS) is 14.3. The number of rotatable bonds is 10. The molecule has 0 saturated carbocycles. The van der Waals surface area contributed by atoms with Crippen LogP contribution in [0.1, 0.15) is 37.4 Å². The zero-order chi connectivity index (χ0) is 13.9. The first kappa shape index (κ1) is 16.1. The number of aliphatic hydroxyl groups excluding tert-OH is 2. The third-order valence-corrected chi connectivity index (χ3v) is 2.99. The predicted molar refractivity (Wildman–Crippen MR) is 73.7 cm³/mol. The van der Waals surface area contributed by atoms with Crippen LogP contribution in [0.25, 0.3) is 0 Å². The summed E-state index contributed by atoms with van der Waals surface area (Å²) in [5.41, 5.74) is 1.04. The lowest BCUT2D eigenvalue weighted by molar-refractivity contribution is -0.0868. The number of methoxy groups -OCH3 is 1. The van der Waals surface area contributed by atoms with Gasteiger partial charge < -0.3 is 19.7 Å². The van der Waals surface area contributed by atoms with E-state index in [0.717, 1.165) is 18.4 Å². The van der Waals surface area contributed by atoms with Gasteiger partial charge in [-0.25, -0.2) is 0 Å². The smallest absolute Gasteiger partial charge is 0.147 e. The molecule has 108 valence electrons. The average Bonchev–Trinajstić information content (AvgIpc) is 2.44. The maximum atomic E-state index is 10.0. The van der Waals surface area contributed by atoms with Crippen molar-refractivity contribution in [2.75, 3.05) is 20.5 Å². The van der Waals surface area contributed by atoms with Gasteiger partial charge in [-0.1, -0.05) is 30.3 Å². The lowest BCUT2D eigenvalue weighted by Crippen LogP contribution is -2.16. The van der Waals surface area contributed by atoms with Crippen LogP contribution >= 0.6 is 0 Å². The Kier molecular flexibility index (Phi) is 8.41. The molecule has 0 amide bonds. The van der Waals surface area contributed by atoms with E-state index < -0.39 is 6.10 Å². The Hall–Kier alpha value is -0.940. The van der Waals surface area contributed by atoms with Crippen molar-refractivity contribution >= 4 is 0 Å². The summed E-state index contributed by atoms with van der Waals surface area (Å²) in [6, 6.07) is 9.84. The second-order valence-corrected chi connectivity index (χ2v) is 4.58. The zero-order valence-corrected chi connectivity index (χ0v) is 11.5. The first-order chi connectivity index (χ1) is 9.27. The van der Waals surface area contributed by atoms with Gasteiger partial charge in [0, 0.05) is 20.1 Å². The third kappa shape index (κ3) is 6.68. The van der Waals surface area contributed by atoms with Crippen LogP contribution in [0.5, 0.6) is 0 Å². The molecular formula is C15H24O4. The molecule has 0 radical (unpaired) electrons. The van der Waals surface area contributed by atoms with Crippen molar-refractivity contribution in [3.63, 3.8) is 0 Å². The summed E-state index contributed by atoms with van der Waals surface area (Å²) in [6.07, 6.45) is 2.19. The Labute approximate surface area is 115 Å². The molecule has 0 aliphatic heterocycles. The van der Waals surface area contributed by atoms with Crippen LogP contribution in [-0.2, 0) is 9.47 Å². The summed E-state index contributed by atoms with van der Waals surface area (Å²) in [5.74, 6) is 0. The quantitative estimate of drug-likeness (QED) is 0.505. The van der Waals surface area contributed by atoms with Crippen LogP contribution in [0.15, 0.2) is 30.3 Å². The molecule has 0 spiro atoms. The molecule has 2 atom stereocenters. The molecule has 1 aromatic carbocycles. The van der Waals surface area contributed by atoms with E-state index in [1.807, 2.05) is 30.3 Å². The molecule has 0 fully saturated rings. The van der Waals surface area contributed by atoms with Crippen molar-refractivity contribution in [3.8, 4) is 0 Å². The Balaban J connectivity index is 2.49. The number of ether oxygens (including phenoxy) is 2. The van der Waals surface area contributed by atoms with Gasteiger partial charge in [0.1, 0.15) is 6.79 Å². The zero-order valence-electron chi connectivity index (χ0n) is 11.5. The van der Waals surface area contributed by atoms with Crippen molar-refractivity contribution in [1.82, 2.24) is 0 Å². The molecule has 4 heteroatoms. The van der Waals surface area contributed by atoms with Gasteiger partial charge in [0.15, 0.2) is 0 Å². The SMILES string of the molecule is COCO[C@H](C[C@H](O)CCCCO)c1ccccc1. The molecule has 0 unspecified atom stereocenters. The number of hydrogen-bond acceptors (Lipinski definition) is 4. The summed E-state index contributed by atoms with van der Waals surface area (Å²) in [5, 5.41) is 18.7. The van der Waals surface area contributed by atoms with E-state index in [1.54, 1.807) is 7.11 Å². The summed E-state index contributed by atoms with van der Waals surface area (Å²) in [6.45, 7) is 0.387. The van der Waals surface area contributed by atoms with Crippen LogP contribution in [-0.4, -0.2) is 36.8 Å². The van der Waals surface area contributed by atoms with Crippen LogP contribution < -0.4 is 0 Å². The fourth-order valence-corrected chi connectivity index (χ4v) is 1.97. The molecule has 0 aliphatic rings. The molecule has 0 heterocycles. The van der Waals surface area contributed by atoms with Crippen molar-refractivity contribution in [3.05, 3.63) is 35.9 Å². The Morgan fingerprint density at radius 2 is 1.89 bits per heavy atom. The number of aliphatic hydroxyl groups is 2. The average molecular weight is 268 g/mol. The minimum absolute atomic E-state index is 0.162. The lowest BCUT2D eigenvalue weighted by Gasteiger charge is -2.21. The van der Waals surface area contributed by atoms with Gasteiger partial charge in [0.2, 0.25) is 0 Å². The van der Waals surface area contributed by atoms with Gasteiger partial charge >= 0.3 is 0 Å². The van der Waals surface area contributed by atoms with Gasteiger partial charge in [0.05, 0.1) is 12.2 Å². The molecule has 0 bridgehead atoms. The molecule has 2 N–H and O–H groups in total. The van der Waals surface area contributed by atoms with E-state index in [9.17, 15) is 5.11 Å². The largest absolute Gasteiger partial charge is 0.396 e. The second-order valence-electron chi connectivity index (χ2n) is 4.58. The van der Waals surface area contributed by atoms with E-state index >= 15 is 0 Å². The molecule has 0 aromatic heterocycles. The molecule has 0 saturated heterocycles. The minimum Gasteiger partial charge on any atom is -0.396 e. The maximum absolute atomic E-state index is 10.0. The molecule has 4 nitrogen and oxygen atoms in total. The summed E-state index contributed by atoms with van der Waals surface area (Å²) < 4.78 is 10.6. The Bertz CT molecular complexity index is 315. The number of benzene rings is 1. The van der Waals surface area contributed by atoms with E-state index in [-0.39, 0.29) is 19.5 Å². The maximum Gasteiger partial charge on any atom is 0.147 e. The predicted octanol–water partition coefficient (Wildman–Crippen LogP) is 2.26.